The van der Waals surface area contributed by atoms with Crippen molar-refractivity contribution < 1.29 is 4.39 Å². The Morgan fingerprint density at radius 3 is 2.15 bits per heavy atom. The van der Waals surface area contributed by atoms with Gasteiger partial charge >= 0.3 is 0 Å². The predicted octanol–water partition coefficient (Wildman–Crippen LogP) is 4.92. The minimum Gasteiger partial charge on any atom is -0.314 e. The second-order valence-electron chi connectivity index (χ2n) is 6.97. The molecule has 1 atom stereocenters. The molecule has 134 valence electrons. The summed E-state index contributed by atoms with van der Waals surface area (Å²) in [6.07, 6.45) is 0. The zero-order valence-electron chi connectivity index (χ0n) is 14.5. The van der Waals surface area contributed by atoms with E-state index in [1.807, 2.05) is 0 Å². The van der Waals surface area contributed by atoms with Crippen molar-refractivity contribution in [1.82, 2.24) is 10.2 Å². The molecule has 0 aliphatic carbocycles. The molecule has 4 aromatic rings. The van der Waals surface area contributed by atoms with E-state index in [0.717, 1.165) is 31.7 Å². The SMILES string of the molecule is Cl.FC[C@@H](c1ccc2ccc3cccc4ccc1c2c34)N1CCNCC1. The highest BCUT2D eigenvalue weighted by atomic mass is 35.5. The van der Waals surface area contributed by atoms with E-state index in [1.165, 1.54) is 32.3 Å². The Hall–Kier alpha value is -1.94. The lowest BCUT2D eigenvalue weighted by atomic mass is 9.89. The molecule has 5 rings (SSSR count). The summed E-state index contributed by atoms with van der Waals surface area (Å²) in [5.74, 6) is 0. The van der Waals surface area contributed by atoms with Gasteiger partial charge in [-0.1, -0.05) is 54.6 Å². The second-order valence-corrected chi connectivity index (χ2v) is 6.97. The van der Waals surface area contributed by atoms with E-state index >= 15 is 0 Å². The molecule has 1 N–H and O–H groups in total. The van der Waals surface area contributed by atoms with Gasteiger partial charge in [0.25, 0.3) is 0 Å². The third-order valence-corrected chi connectivity index (χ3v) is 5.66. The summed E-state index contributed by atoms with van der Waals surface area (Å²) in [5, 5.41) is 10.9. The van der Waals surface area contributed by atoms with E-state index in [-0.39, 0.29) is 25.1 Å². The zero-order valence-corrected chi connectivity index (χ0v) is 15.4. The maximum absolute atomic E-state index is 14.1. The molecule has 1 fully saturated rings. The minimum atomic E-state index is -0.343. The summed E-state index contributed by atoms with van der Waals surface area (Å²) in [4.78, 5) is 2.28. The van der Waals surface area contributed by atoms with Crippen molar-refractivity contribution in [1.29, 1.82) is 0 Å². The van der Waals surface area contributed by atoms with Crippen LogP contribution in [-0.2, 0) is 0 Å². The van der Waals surface area contributed by atoms with Crippen molar-refractivity contribution in [2.45, 2.75) is 6.04 Å². The van der Waals surface area contributed by atoms with Crippen LogP contribution in [0.3, 0.4) is 0 Å². The van der Waals surface area contributed by atoms with Gasteiger partial charge in [0.05, 0.1) is 6.04 Å². The molecule has 4 aromatic carbocycles. The van der Waals surface area contributed by atoms with Gasteiger partial charge in [-0.25, -0.2) is 4.39 Å². The summed E-state index contributed by atoms with van der Waals surface area (Å²) >= 11 is 0. The Morgan fingerprint density at radius 2 is 1.46 bits per heavy atom. The summed E-state index contributed by atoms with van der Waals surface area (Å²) in [6.45, 7) is 3.32. The van der Waals surface area contributed by atoms with Crippen molar-refractivity contribution in [2.24, 2.45) is 0 Å². The Balaban J connectivity index is 0.00000168. The summed E-state index contributed by atoms with van der Waals surface area (Å²) < 4.78 is 14.1. The van der Waals surface area contributed by atoms with Gasteiger partial charge in [-0.15, -0.1) is 12.4 Å². The number of nitrogens with one attached hydrogen (secondary N) is 1. The molecule has 0 bridgehead atoms. The number of nitrogens with zero attached hydrogens (tertiary/aromatic N) is 1. The van der Waals surface area contributed by atoms with E-state index in [4.69, 9.17) is 0 Å². The van der Waals surface area contributed by atoms with Gasteiger partial charge in [-0.05, 0) is 37.9 Å². The van der Waals surface area contributed by atoms with Crippen LogP contribution in [0.1, 0.15) is 11.6 Å². The molecular formula is C22H22ClFN2. The van der Waals surface area contributed by atoms with Crippen LogP contribution in [0.2, 0.25) is 0 Å². The maximum Gasteiger partial charge on any atom is 0.109 e. The molecule has 1 saturated heterocycles. The largest absolute Gasteiger partial charge is 0.314 e. The Labute approximate surface area is 158 Å². The van der Waals surface area contributed by atoms with Crippen molar-refractivity contribution in [3.05, 3.63) is 60.2 Å². The fourth-order valence-corrected chi connectivity index (χ4v) is 4.42. The van der Waals surface area contributed by atoms with E-state index in [9.17, 15) is 4.39 Å². The highest BCUT2D eigenvalue weighted by Gasteiger charge is 2.24. The van der Waals surface area contributed by atoms with E-state index < -0.39 is 0 Å². The van der Waals surface area contributed by atoms with Gasteiger partial charge < -0.3 is 5.32 Å². The van der Waals surface area contributed by atoms with Gasteiger partial charge in [0.15, 0.2) is 0 Å². The number of alkyl halides is 1. The zero-order chi connectivity index (χ0) is 16.8. The molecule has 0 aromatic heterocycles. The molecule has 0 unspecified atom stereocenters. The first-order valence-electron chi connectivity index (χ1n) is 9.04. The van der Waals surface area contributed by atoms with Crippen LogP contribution in [0.25, 0.3) is 32.3 Å². The summed E-state index contributed by atoms with van der Waals surface area (Å²) in [6, 6.07) is 19.3. The fraction of sp³-hybridized carbons (Fsp3) is 0.273. The Morgan fingerprint density at radius 1 is 0.846 bits per heavy atom. The summed E-state index contributed by atoms with van der Waals surface area (Å²) in [7, 11) is 0. The number of rotatable bonds is 3. The van der Waals surface area contributed by atoms with Gasteiger partial charge in [0.2, 0.25) is 0 Å². The lowest BCUT2D eigenvalue weighted by Crippen LogP contribution is -2.45. The minimum absolute atomic E-state index is 0. The molecule has 4 heteroatoms. The molecule has 1 aliphatic rings. The fourth-order valence-electron chi connectivity index (χ4n) is 4.42. The number of hydrogen-bond acceptors (Lipinski definition) is 2. The van der Waals surface area contributed by atoms with Crippen LogP contribution in [0.5, 0.6) is 0 Å². The highest BCUT2D eigenvalue weighted by Crippen LogP contribution is 2.38. The average Bonchev–Trinajstić information content (AvgIpc) is 2.68. The lowest BCUT2D eigenvalue weighted by Gasteiger charge is -2.34. The molecule has 0 saturated carbocycles. The number of piperazine rings is 1. The van der Waals surface area contributed by atoms with Crippen LogP contribution in [0.4, 0.5) is 4.39 Å². The quantitative estimate of drug-likeness (QED) is 0.516. The van der Waals surface area contributed by atoms with E-state index in [0.29, 0.717) is 0 Å². The number of halogens is 2. The topological polar surface area (TPSA) is 15.3 Å². The van der Waals surface area contributed by atoms with E-state index in [1.54, 1.807) is 0 Å². The first-order chi connectivity index (χ1) is 12.4. The highest BCUT2D eigenvalue weighted by molar-refractivity contribution is 6.23. The third-order valence-electron chi connectivity index (χ3n) is 5.66. The Bertz CT molecular complexity index is 1030. The molecule has 0 spiro atoms. The van der Waals surface area contributed by atoms with Crippen LogP contribution in [0, 0.1) is 0 Å². The van der Waals surface area contributed by atoms with Crippen molar-refractivity contribution in [3.63, 3.8) is 0 Å². The Kier molecular flexibility index (Phi) is 4.70. The van der Waals surface area contributed by atoms with Crippen LogP contribution >= 0.6 is 12.4 Å². The average molecular weight is 369 g/mol. The molecule has 1 aliphatic heterocycles. The standard InChI is InChI=1S/C22H21FN2.ClH/c23-14-20(25-12-10-24-11-13-25)18-8-6-17-5-4-15-2-1-3-16-7-9-19(18)22(17)21(15)16;/h1-9,20,24H,10-14H2;1H/t20-;/m0./s1. The monoisotopic (exact) mass is 368 g/mol. The molecular weight excluding hydrogens is 347 g/mol. The normalized spacial score (nSPS) is 17.0. The van der Waals surface area contributed by atoms with E-state index in [2.05, 4.69) is 64.8 Å². The van der Waals surface area contributed by atoms with Gasteiger partial charge in [0.1, 0.15) is 6.67 Å². The number of benzene rings is 4. The molecule has 0 amide bonds. The summed E-state index contributed by atoms with van der Waals surface area (Å²) in [5.41, 5.74) is 1.12. The predicted molar refractivity (Wildman–Crippen MR) is 111 cm³/mol. The smallest absolute Gasteiger partial charge is 0.109 e. The van der Waals surface area contributed by atoms with Crippen LogP contribution in [-0.4, -0.2) is 37.8 Å². The van der Waals surface area contributed by atoms with Crippen LogP contribution < -0.4 is 5.32 Å². The van der Waals surface area contributed by atoms with Gasteiger partial charge in [-0.2, -0.15) is 0 Å². The molecule has 2 nitrogen and oxygen atoms in total. The van der Waals surface area contributed by atoms with Crippen molar-refractivity contribution >= 4 is 44.7 Å². The van der Waals surface area contributed by atoms with Crippen molar-refractivity contribution in [3.8, 4) is 0 Å². The maximum atomic E-state index is 14.1. The first-order valence-corrected chi connectivity index (χ1v) is 9.04. The second kappa shape index (κ2) is 6.99. The number of hydrogen-bond donors (Lipinski definition) is 1. The van der Waals surface area contributed by atoms with Gasteiger partial charge in [-0.3, -0.25) is 4.90 Å². The lowest BCUT2D eigenvalue weighted by molar-refractivity contribution is 0.148. The van der Waals surface area contributed by atoms with Crippen LogP contribution in [0.15, 0.2) is 54.6 Å². The van der Waals surface area contributed by atoms with Crippen molar-refractivity contribution in [2.75, 3.05) is 32.9 Å². The molecule has 26 heavy (non-hydrogen) atoms. The first kappa shape index (κ1) is 17.5. The third kappa shape index (κ3) is 2.62. The molecule has 0 radical (unpaired) electrons. The van der Waals surface area contributed by atoms with Gasteiger partial charge in [0, 0.05) is 26.2 Å². The molecule has 1 heterocycles.